The Morgan fingerprint density at radius 3 is 2.95 bits per heavy atom. The second-order valence-corrected chi connectivity index (χ2v) is 5.42. The molecule has 0 radical (unpaired) electrons. The summed E-state index contributed by atoms with van der Waals surface area (Å²) in [5, 5.41) is 3.38. The van der Waals surface area contributed by atoms with E-state index in [4.69, 9.17) is 0 Å². The van der Waals surface area contributed by atoms with Crippen molar-refractivity contribution in [1.29, 1.82) is 0 Å². The molecule has 0 amide bonds. The van der Waals surface area contributed by atoms with Crippen molar-refractivity contribution < 1.29 is 4.39 Å². The Hall–Kier alpha value is -1.68. The SMILES string of the molecule is Fc1cccc2c1[C@H](C1CCNCC1)n1cncc1-2. The number of rotatable bonds is 1. The van der Waals surface area contributed by atoms with E-state index in [2.05, 4.69) is 14.9 Å². The van der Waals surface area contributed by atoms with Crippen LogP contribution in [-0.2, 0) is 0 Å². The van der Waals surface area contributed by atoms with Crippen LogP contribution < -0.4 is 5.32 Å². The molecule has 1 aromatic heterocycles. The monoisotopic (exact) mass is 257 g/mol. The highest BCUT2D eigenvalue weighted by atomic mass is 19.1. The van der Waals surface area contributed by atoms with Crippen LogP contribution in [0.25, 0.3) is 11.3 Å². The van der Waals surface area contributed by atoms with Gasteiger partial charge in [-0.3, -0.25) is 0 Å². The first-order chi connectivity index (χ1) is 9.36. The molecule has 98 valence electrons. The quantitative estimate of drug-likeness (QED) is 0.851. The van der Waals surface area contributed by atoms with Crippen LogP contribution in [0.1, 0.15) is 24.4 Å². The van der Waals surface area contributed by atoms with Gasteiger partial charge in [0.1, 0.15) is 5.82 Å². The smallest absolute Gasteiger partial charge is 0.129 e. The number of nitrogens with zero attached hydrogens (tertiary/aromatic N) is 2. The molecule has 1 fully saturated rings. The van der Waals surface area contributed by atoms with Crippen LogP contribution in [0.15, 0.2) is 30.7 Å². The number of hydrogen-bond donors (Lipinski definition) is 1. The summed E-state index contributed by atoms with van der Waals surface area (Å²) in [5.74, 6) is 0.414. The van der Waals surface area contributed by atoms with E-state index in [1.165, 1.54) is 0 Å². The molecule has 19 heavy (non-hydrogen) atoms. The summed E-state index contributed by atoms with van der Waals surface area (Å²) < 4.78 is 16.4. The molecule has 1 N–H and O–H groups in total. The highest BCUT2D eigenvalue weighted by Gasteiger charge is 2.36. The van der Waals surface area contributed by atoms with Crippen molar-refractivity contribution in [2.75, 3.05) is 13.1 Å². The fourth-order valence-corrected chi connectivity index (χ4v) is 3.56. The van der Waals surface area contributed by atoms with Gasteiger partial charge < -0.3 is 9.88 Å². The molecular weight excluding hydrogens is 241 g/mol. The minimum absolute atomic E-state index is 0.0790. The van der Waals surface area contributed by atoms with Crippen LogP contribution in [0, 0.1) is 11.7 Å². The molecule has 2 aromatic rings. The summed E-state index contributed by atoms with van der Waals surface area (Å²) >= 11 is 0. The lowest BCUT2D eigenvalue weighted by Crippen LogP contribution is -2.32. The van der Waals surface area contributed by atoms with Crippen LogP contribution >= 0.6 is 0 Å². The second kappa shape index (κ2) is 4.17. The Labute approximate surface area is 111 Å². The molecule has 4 rings (SSSR count). The van der Waals surface area contributed by atoms with Crippen LogP contribution in [0.4, 0.5) is 4.39 Å². The van der Waals surface area contributed by atoms with Gasteiger partial charge >= 0.3 is 0 Å². The van der Waals surface area contributed by atoms with Gasteiger partial charge in [-0.25, -0.2) is 9.37 Å². The van der Waals surface area contributed by atoms with Gasteiger partial charge in [0, 0.05) is 11.1 Å². The maximum absolute atomic E-state index is 14.3. The van der Waals surface area contributed by atoms with Crippen molar-refractivity contribution in [3.8, 4) is 11.3 Å². The average molecular weight is 257 g/mol. The zero-order valence-corrected chi connectivity index (χ0v) is 10.6. The summed E-state index contributed by atoms with van der Waals surface area (Å²) in [5.41, 5.74) is 2.94. The summed E-state index contributed by atoms with van der Waals surface area (Å²) in [6, 6.07) is 5.49. The Morgan fingerprint density at radius 1 is 1.26 bits per heavy atom. The van der Waals surface area contributed by atoms with Gasteiger partial charge in [-0.05, 0) is 37.9 Å². The number of piperidine rings is 1. The fourth-order valence-electron chi connectivity index (χ4n) is 3.56. The van der Waals surface area contributed by atoms with Gasteiger partial charge in [0.15, 0.2) is 0 Å². The predicted octanol–water partition coefficient (Wildman–Crippen LogP) is 2.59. The number of aromatic nitrogens is 2. The van der Waals surface area contributed by atoms with Crippen LogP contribution in [-0.4, -0.2) is 22.6 Å². The molecule has 1 atom stereocenters. The van der Waals surface area contributed by atoms with Gasteiger partial charge in [-0.1, -0.05) is 12.1 Å². The Balaban J connectivity index is 1.87. The number of benzene rings is 1. The van der Waals surface area contributed by atoms with Crippen LogP contribution in [0.3, 0.4) is 0 Å². The van der Waals surface area contributed by atoms with E-state index < -0.39 is 0 Å². The molecule has 3 nitrogen and oxygen atoms in total. The van der Waals surface area contributed by atoms with Gasteiger partial charge in [-0.15, -0.1) is 0 Å². The topological polar surface area (TPSA) is 29.9 Å². The van der Waals surface area contributed by atoms with E-state index in [9.17, 15) is 4.39 Å². The van der Waals surface area contributed by atoms with Gasteiger partial charge in [0.25, 0.3) is 0 Å². The largest absolute Gasteiger partial charge is 0.323 e. The third-order valence-electron chi connectivity index (χ3n) is 4.42. The molecule has 1 saturated heterocycles. The van der Waals surface area contributed by atoms with Crippen molar-refractivity contribution in [1.82, 2.24) is 14.9 Å². The molecule has 0 aliphatic carbocycles. The van der Waals surface area contributed by atoms with Crippen LogP contribution in [0.5, 0.6) is 0 Å². The summed E-state index contributed by atoms with van der Waals surface area (Å²) in [6.07, 6.45) is 5.88. The van der Waals surface area contributed by atoms with Crippen LogP contribution in [0.2, 0.25) is 0 Å². The highest BCUT2D eigenvalue weighted by molar-refractivity contribution is 5.69. The third kappa shape index (κ3) is 1.56. The number of fused-ring (bicyclic) bond motifs is 3. The average Bonchev–Trinajstić information content (AvgIpc) is 3.01. The summed E-state index contributed by atoms with van der Waals surface area (Å²) in [6.45, 7) is 2.05. The summed E-state index contributed by atoms with van der Waals surface area (Å²) in [4.78, 5) is 4.24. The first-order valence-electron chi connectivity index (χ1n) is 6.87. The second-order valence-electron chi connectivity index (χ2n) is 5.42. The zero-order valence-electron chi connectivity index (χ0n) is 10.6. The van der Waals surface area contributed by atoms with Crippen molar-refractivity contribution in [3.05, 3.63) is 42.1 Å². The lowest BCUT2D eigenvalue weighted by atomic mass is 9.85. The van der Waals surface area contributed by atoms with E-state index >= 15 is 0 Å². The van der Waals surface area contributed by atoms with Crippen molar-refractivity contribution in [2.24, 2.45) is 5.92 Å². The number of nitrogens with one attached hydrogen (secondary N) is 1. The van der Waals surface area contributed by atoms with Gasteiger partial charge in [-0.2, -0.15) is 0 Å². The molecule has 1 aromatic carbocycles. The third-order valence-corrected chi connectivity index (χ3v) is 4.42. The lowest BCUT2D eigenvalue weighted by molar-refractivity contribution is 0.293. The molecule has 0 saturated carbocycles. The van der Waals surface area contributed by atoms with E-state index in [0.29, 0.717) is 5.92 Å². The van der Waals surface area contributed by atoms with E-state index in [1.54, 1.807) is 12.1 Å². The predicted molar refractivity (Wildman–Crippen MR) is 71.4 cm³/mol. The van der Waals surface area contributed by atoms with Crippen molar-refractivity contribution >= 4 is 0 Å². The molecule has 0 spiro atoms. The molecule has 2 aliphatic heterocycles. The van der Waals surface area contributed by atoms with Crippen molar-refractivity contribution in [3.63, 3.8) is 0 Å². The molecule has 0 bridgehead atoms. The Bertz CT molecular complexity index is 614. The molecule has 4 heteroatoms. The normalized spacial score (nSPS) is 22.3. The van der Waals surface area contributed by atoms with Crippen molar-refractivity contribution in [2.45, 2.75) is 18.9 Å². The Morgan fingerprint density at radius 2 is 2.11 bits per heavy atom. The minimum atomic E-state index is -0.0790. The van der Waals surface area contributed by atoms with Gasteiger partial charge in [0.05, 0.1) is 24.3 Å². The molecular formula is C15H16FN3. The van der Waals surface area contributed by atoms with Gasteiger partial charge in [0.2, 0.25) is 0 Å². The Kier molecular flexibility index (Phi) is 2.45. The van der Waals surface area contributed by atoms with E-state index in [1.807, 2.05) is 18.6 Å². The minimum Gasteiger partial charge on any atom is -0.323 e. The number of imidazole rings is 1. The lowest BCUT2D eigenvalue weighted by Gasteiger charge is -2.30. The molecule has 2 aliphatic rings. The summed E-state index contributed by atoms with van der Waals surface area (Å²) in [7, 11) is 0. The molecule has 0 unspecified atom stereocenters. The number of halogens is 1. The standard InChI is InChI=1S/C15H16FN3/c16-12-3-1-2-11-13-8-18-9-19(13)15(14(11)12)10-4-6-17-7-5-10/h1-3,8-10,15,17H,4-7H2/t15-/m0/s1. The number of hydrogen-bond acceptors (Lipinski definition) is 2. The maximum atomic E-state index is 14.3. The first kappa shape index (κ1) is 11.2. The maximum Gasteiger partial charge on any atom is 0.129 e. The fraction of sp³-hybridized carbons (Fsp3) is 0.400. The van der Waals surface area contributed by atoms with E-state index in [0.717, 1.165) is 42.8 Å². The first-order valence-corrected chi connectivity index (χ1v) is 6.87. The highest BCUT2D eigenvalue weighted by Crippen LogP contribution is 2.46. The zero-order chi connectivity index (χ0) is 12.8. The molecule has 3 heterocycles. The van der Waals surface area contributed by atoms with E-state index in [-0.39, 0.29) is 11.9 Å².